The monoisotopic (exact) mass is 320 g/mol. The normalized spacial score (nSPS) is 17.0. The molecule has 1 atom stereocenters. The topological polar surface area (TPSA) is 49.4 Å². The van der Waals surface area contributed by atoms with Gasteiger partial charge in [0.2, 0.25) is 11.8 Å². The zero-order valence-corrected chi connectivity index (χ0v) is 14.5. The summed E-state index contributed by atoms with van der Waals surface area (Å²) in [6.45, 7) is 8.39. The number of nitrogens with one attached hydrogen (secondary N) is 1. The number of benzene rings is 1. The molecule has 1 aliphatic heterocycles. The summed E-state index contributed by atoms with van der Waals surface area (Å²) in [6, 6.07) is 8.11. The van der Waals surface area contributed by atoms with Crippen molar-refractivity contribution in [2.45, 2.75) is 49.8 Å². The largest absolute Gasteiger partial charge is 0.350 e. The Morgan fingerprint density at radius 2 is 2.00 bits per heavy atom. The summed E-state index contributed by atoms with van der Waals surface area (Å²) < 4.78 is 0. The lowest BCUT2D eigenvalue weighted by Gasteiger charge is -2.26. The summed E-state index contributed by atoms with van der Waals surface area (Å²) in [5.41, 5.74) is 0.943. The molecular formula is C17H24N2O2S. The predicted octanol–water partition coefficient (Wildman–Crippen LogP) is 2.47. The summed E-state index contributed by atoms with van der Waals surface area (Å²) in [4.78, 5) is 27.5. The fourth-order valence-electron chi connectivity index (χ4n) is 2.50. The van der Waals surface area contributed by atoms with Crippen molar-refractivity contribution in [3.8, 4) is 0 Å². The summed E-state index contributed by atoms with van der Waals surface area (Å²) in [6.07, 6.45) is 0.747. The molecule has 5 heteroatoms. The second kappa shape index (κ2) is 6.73. The second-order valence-electron chi connectivity index (χ2n) is 6.57. The molecule has 0 spiro atoms. The number of thioether (sulfide) groups is 1. The van der Waals surface area contributed by atoms with E-state index in [-0.39, 0.29) is 29.1 Å². The molecule has 2 amide bonds. The predicted molar refractivity (Wildman–Crippen MR) is 89.9 cm³/mol. The maximum atomic E-state index is 12.7. The first kappa shape index (κ1) is 16.9. The molecule has 1 N–H and O–H groups in total. The molecule has 2 rings (SSSR count). The Kier molecular flexibility index (Phi) is 5.16. The molecule has 4 nitrogen and oxygen atoms in total. The SMILES string of the molecule is CCN(CC(=O)NC(C)(C)C)C(=O)[C@@H]1Cc2ccccc2S1. The maximum Gasteiger partial charge on any atom is 0.240 e. The lowest BCUT2D eigenvalue weighted by Crippen LogP contribution is -2.48. The first-order valence-corrected chi connectivity index (χ1v) is 8.52. The van der Waals surface area contributed by atoms with Crippen LogP contribution in [0.5, 0.6) is 0 Å². The molecule has 0 unspecified atom stereocenters. The molecule has 0 bridgehead atoms. The molecule has 0 saturated carbocycles. The van der Waals surface area contributed by atoms with E-state index in [0.717, 1.165) is 6.42 Å². The van der Waals surface area contributed by atoms with Gasteiger partial charge in [0, 0.05) is 17.0 Å². The van der Waals surface area contributed by atoms with Crippen molar-refractivity contribution in [2.75, 3.05) is 13.1 Å². The van der Waals surface area contributed by atoms with Crippen LogP contribution < -0.4 is 5.32 Å². The van der Waals surface area contributed by atoms with Crippen LogP contribution in [0, 0.1) is 0 Å². The lowest BCUT2D eigenvalue weighted by molar-refractivity contribution is -0.135. The van der Waals surface area contributed by atoms with Gasteiger partial charge >= 0.3 is 0 Å². The van der Waals surface area contributed by atoms with Crippen molar-refractivity contribution in [1.82, 2.24) is 10.2 Å². The van der Waals surface area contributed by atoms with Crippen molar-refractivity contribution in [3.63, 3.8) is 0 Å². The standard InChI is InChI=1S/C17H24N2O2S/c1-5-19(11-15(20)18-17(2,3)4)16(21)14-10-12-8-6-7-9-13(12)22-14/h6-9,14H,5,10-11H2,1-4H3,(H,18,20)/t14-/m0/s1. The molecule has 0 aromatic heterocycles. The van der Waals surface area contributed by atoms with E-state index in [0.29, 0.717) is 6.54 Å². The van der Waals surface area contributed by atoms with Crippen LogP contribution in [0.2, 0.25) is 0 Å². The number of likely N-dealkylation sites (N-methyl/N-ethyl adjacent to an activating group) is 1. The van der Waals surface area contributed by atoms with E-state index in [1.165, 1.54) is 10.5 Å². The molecule has 120 valence electrons. The van der Waals surface area contributed by atoms with E-state index in [1.807, 2.05) is 39.8 Å². The number of nitrogens with zero attached hydrogens (tertiary/aromatic N) is 1. The zero-order chi connectivity index (χ0) is 16.3. The summed E-state index contributed by atoms with van der Waals surface area (Å²) >= 11 is 1.61. The smallest absolute Gasteiger partial charge is 0.240 e. The number of hydrogen-bond acceptors (Lipinski definition) is 3. The van der Waals surface area contributed by atoms with E-state index in [9.17, 15) is 9.59 Å². The van der Waals surface area contributed by atoms with Crippen LogP contribution in [0.1, 0.15) is 33.3 Å². The highest BCUT2D eigenvalue weighted by molar-refractivity contribution is 8.01. The Hall–Kier alpha value is -1.49. The number of hydrogen-bond donors (Lipinski definition) is 1. The van der Waals surface area contributed by atoms with Gasteiger partial charge in [-0.2, -0.15) is 0 Å². The van der Waals surface area contributed by atoms with Gasteiger partial charge in [-0.15, -0.1) is 11.8 Å². The number of fused-ring (bicyclic) bond motifs is 1. The molecule has 0 aliphatic carbocycles. The van der Waals surface area contributed by atoms with Crippen LogP contribution in [0.25, 0.3) is 0 Å². The van der Waals surface area contributed by atoms with Crippen molar-refractivity contribution < 1.29 is 9.59 Å². The quantitative estimate of drug-likeness (QED) is 0.927. The van der Waals surface area contributed by atoms with E-state index >= 15 is 0 Å². The highest BCUT2D eigenvalue weighted by atomic mass is 32.2. The molecule has 22 heavy (non-hydrogen) atoms. The fraction of sp³-hybridized carbons (Fsp3) is 0.529. The van der Waals surface area contributed by atoms with E-state index in [1.54, 1.807) is 16.7 Å². The number of rotatable bonds is 4. The van der Waals surface area contributed by atoms with Crippen LogP contribution in [-0.2, 0) is 16.0 Å². The summed E-state index contributed by atoms with van der Waals surface area (Å²) in [5.74, 6) is -0.0593. The van der Waals surface area contributed by atoms with Crippen molar-refractivity contribution in [1.29, 1.82) is 0 Å². The van der Waals surface area contributed by atoms with Crippen molar-refractivity contribution in [3.05, 3.63) is 29.8 Å². The van der Waals surface area contributed by atoms with Crippen LogP contribution >= 0.6 is 11.8 Å². The number of carbonyl (C=O) groups excluding carboxylic acids is 2. The van der Waals surface area contributed by atoms with Gasteiger partial charge in [-0.1, -0.05) is 18.2 Å². The Labute approximate surface area is 136 Å². The van der Waals surface area contributed by atoms with Crippen LogP contribution in [-0.4, -0.2) is 40.6 Å². The first-order valence-electron chi connectivity index (χ1n) is 7.64. The van der Waals surface area contributed by atoms with Gasteiger partial charge < -0.3 is 10.2 Å². The molecule has 1 heterocycles. The molecule has 1 aromatic rings. The van der Waals surface area contributed by atoms with E-state index in [4.69, 9.17) is 0 Å². The zero-order valence-electron chi connectivity index (χ0n) is 13.7. The van der Waals surface area contributed by atoms with Gasteiger partial charge in [-0.3, -0.25) is 9.59 Å². The minimum atomic E-state index is -0.280. The number of amides is 2. The Morgan fingerprint density at radius 1 is 1.32 bits per heavy atom. The fourth-order valence-corrected chi connectivity index (χ4v) is 3.78. The van der Waals surface area contributed by atoms with Crippen LogP contribution in [0.4, 0.5) is 0 Å². The van der Waals surface area contributed by atoms with E-state index < -0.39 is 0 Å². The minimum Gasteiger partial charge on any atom is -0.350 e. The minimum absolute atomic E-state index is 0.0489. The van der Waals surface area contributed by atoms with Crippen molar-refractivity contribution in [2.24, 2.45) is 0 Å². The molecule has 0 saturated heterocycles. The molecule has 0 radical (unpaired) electrons. The van der Waals surface area contributed by atoms with E-state index in [2.05, 4.69) is 17.4 Å². The third kappa shape index (κ3) is 4.26. The van der Waals surface area contributed by atoms with Gasteiger partial charge in [-0.25, -0.2) is 0 Å². The lowest BCUT2D eigenvalue weighted by atomic mass is 10.1. The van der Waals surface area contributed by atoms with Gasteiger partial charge in [0.05, 0.1) is 11.8 Å². The molecule has 0 fully saturated rings. The highest BCUT2D eigenvalue weighted by Gasteiger charge is 2.31. The number of carbonyl (C=O) groups is 2. The Balaban J connectivity index is 1.97. The molecular weight excluding hydrogens is 296 g/mol. The Bertz CT molecular complexity index is 541. The third-order valence-electron chi connectivity index (χ3n) is 3.46. The van der Waals surface area contributed by atoms with Gasteiger partial charge in [0.1, 0.15) is 0 Å². The van der Waals surface area contributed by atoms with Gasteiger partial charge in [0.15, 0.2) is 0 Å². The summed E-state index contributed by atoms with van der Waals surface area (Å²) in [5, 5.41) is 2.80. The van der Waals surface area contributed by atoms with Crippen molar-refractivity contribution >= 4 is 23.6 Å². The maximum absolute atomic E-state index is 12.7. The second-order valence-corrected chi connectivity index (χ2v) is 7.81. The van der Waals surface area contributed by atoms with Gasteiger partial charge in [0.25, 0.3) is 0 Å². The average molecular weight is 320 g/mol. The molecule has 1 aromatic carbocycles. The third-order valence-corrected chi connectivity index (χ3v) is 4.77. The van der Waals surface area contributed by atoms with Crippen LogP contribution in [0.3, 0.4) is 0 Å². The first-order chi connectivity index (χ1) is 10.3. The van der Waals surface area contributed by atoms with Crippen LogP contribution in [0.15, 0.2) is 29.2 Å². The molecule has 1 aliphatic rings. The highest BCUT2D eigenvalue weighted by Crippen LogP contribution is 2.37. The average Bonchev–Trinajstić information content (AvgIpc) is 2.86. The van der Waals surface area contributed by atoms with Gasteiger partial charge in [-0.05, 0) is 45.7 Å². The Morgan fingerprint density at radius 3 is 2.59 bits per heavy atom. The summed E-state index contributed by atoms with van der Waals surface area (Å²) in [7, 11) is 0.